The van der Waals surface area contributed by atoms with Crippen LogP contribution in [0.4, 0.5) is 20.2 Å². The molecule has 19 heavy (non-hydrogen) atoms. The van der Waals surface area contributed by atoms with E-state index in [0.717, 1.165) is 0 Å². The third kappa shape index (κ3) is 3.27. The Labute approximate surface area is 122 Å². The van der Waals surface area contributed by atoms with E-state index >= 15 is 0 Å². The summed E-state index contributed by atoms with van der Waals surface area (Å²) in [6, 6.07) is 8.72. The second-order valence-corrected chi connectivity index (χ2v) is 5.11. The summed E-state index contributed by atoms with van der Waals surface area (Å²) in [7, 11) is 0. The van der Waals surface area contributed by atoms with Crippen molar-refractivity contribution in [3.05, 3.63) is 58.1 Å². The van der Waals surface area contributed by atoms with Crippen molar-refractivity contribution in [2.24, 2.45) is 5.73 Å². The van der Waals surface area contributed by atoms with Gasteiger partial charge in [0.2, 0.25) is 0 Å². The van der Waals surface area contributed by atoms with Gasteiger partial charge in [0.25, 0.3) is 0 Å². The lowest BCUT2D eigenvalue weighted by Crippen LogP contribution is -2.09. The number of nitrogens with two attached hydrogens (primary N) is 1. The van der Waals surface area contributed by atoms with Crippen molar-refractivity contribution in [3.63, 3.8) is 0 Å². The van der Waals surface area contributed by atoms with Gasteiger partial charge in [0, 0.05) is 11.3 Å². The van der Waals surface area contributed by atoms with Gasteiger partial charge >= 0.3 is 0 Å². The molecule has 0 saturated carbocycles. The first-order valence-electron chi connectivity index (χ1n) is 5.29. The third-order valence-electron chi connectivity index (χ3n) is 2.45. The van der Waals surface area contributed by atoms with Crippen LogP contribution in [0.2, 0.25) is 0 Å². The number of hydrogen-bond acceptors (Lipinski definition) is 2. The van der Waals surface area contributed by atoms with Crippen LogP contribution in [0.5, 0.6) is 0 Å². The lowest BCUT2D eigenvalue weighted by Gasteiger charge is -2.09. The highest BCUT2D eigenvalue weighted by Crippen LogP contribution is 2.25. The minimum Gasteiger partial charge on any atom is -0.389 e. The Kier molecular flexibility index (Phi) is 4.11. The van der Waals surface area contributed by atoms with E-state index < -0.39 is 5.82 Å². The molecule has 0 fully saturated rings. The average Bonchev–Trinajstić information content (AvgIpc) is 2.36. The number of hydrogen-bond donors (Lipinski definition) is 2. The van der Waals surface area contributed by atoms with Crippen LogP contribution in [0.25, 0.3) is 0 Å². The van der Waals surface area contributed by atoms with Gasteiger partial charge in [0.15, 0.2) is 0 Å². The maximum Gasteiger partial charge on any atom is 0.147 e. The first-order chi connectivity index (χ1) is 8.97. The lowest BCUT2D eigenvalue weighted by molar-refractivity contribution is 0.621. The van der Waals surface area contributed by atoms with Crippen molar-refractivity contribution in [2.75, 3.05) is 5.32 Å². The van der Waals surface area contributed by atoms with Crippen molar-refractivity contribution in [1.29, 1.82) is 0 Å². The molecule has 0 aromatic heterocycles. The molecule has 0 atom stereocenters. The zero-order valence-electron chi connectivity index (χ0n) is 9.58. The molecule has 0 saturated heterocycles. The molecule has 2 aromatic rings. The van der Waals surface area contributed by atoms with Crippen LogP contribution < -0.4 is 11.1 Å². The highest BCUT2D eigenvalue weighted by Gasteiger charge is 2.07. The Morgan fingerprint density at radius 2 is 1.84 bits per heavy atom. The highest BCUT2D eigenvalue weighted by atomic mass is 79.9. The van der Waals surface area contributed by atoms with Crippen molar-refractivity contribution in [3.8, 4) is 0 Å². The van der Waals surface area contributed by atoms with Crippen LogP contribution in [0.3, 0.4) is 0 Å². The number of thiocarbonyl (C=S) groups is 1. The maximum absolute atomic E-state index is 13.8. The molecule has 3 N–H and O–H groups in total. The van der Waals surface area contributed by atoms with E-state index in [2.05, 4.69) is 21.2 Å². The van der Waals surface area contributed by atoms with E-state index in [1.54, 1.807) is 6.07 Å². The number of benzene rings is 2. The molecule has 0 aliphatic heterocycles. The van der Waals surface area contributed by atoms with Crippen LogP contribution in [0.15, 0.2) is 40.9 Å². The fourth-order valence-corrected chi connectivity index (χ4v) is 2.00. The molecule has 2 aromatic carbocycles. The van der Waals surface area contributed by atoms with Gasteiger partial charge < -0.3 is 11.1 Å². The van der Waals surface area contributed by atoms with Gasteiger partial charge in [-0.25, -0.2) is 8.78 Å². The van der Waals surface area contributed by atoms with Gasteiger partial charge in [-0.15, -0.1) is 0 Å². The Hall–Kier alpha value is -1.53. The van der Waals surface area contributed by atoms with Crippen LogP contribution in [0, 0.1) is 11.6 Å². The lowest BCUT2D eigenvalue weighted by atomic mass is 10.2. The molecule has 0 radical (unpaired) electrons. The first-order valence-corrected chi connectivity index (χ1v) is 6.49. The summed E-state index contributed by atoms with van der Waals surface area (Å²) in [4.78, 5) is 0.134. The standard InChI is InChI=1S/C13H9BrF2N2S/c14-9-6-8(2-3-10(9)15)18-12-4-1-7(13(17)19)5-11(12)16/h1-6,18H,(H2,17,19). The summed E-state index contributed by atoms with van der Waals surface area (Å²) in [6.07, 6.45) is 0. The summed E-state index contributed by atoms with van der Waals surface area (Å²) in [5.74, 6) is -0.861. The predicted molar refractivity (Wildman–Crippen MR) is 79.7 cm³/mol. The first kappa shape index (κ1) is 13.9. The number of anilines is 2. The Bertz CT molecular complexity index is 647. The summed E-state index contributed by atoms with van der Waals surface area (Å²) < 4.78 is 27.2. The Balaban J connectivity index is 2.28. The highest BCUT2D eigenvalue weighted by molar-refractivity contribution is 9.10. The fraction of sp³-hybridized carbons (Fsp3) is 0. The van der Waals surface area contributed by atoms with E-state index in [9.17, 15) is 8.78 Å². The maximum atomic E-state index is 13.8. The summed E-state index contributed by atoms with van der Waals surface area (Å²) in [5, 5.41) is 2.85. The minimum absolute atomic E-state index is 0.134. The van der Waals surface area contributed by atoms with Crippen molar-refractivity contribution in [1.82, 2.24) is 0 Å². The number of nitrogens with one attached hydrogen (secondary N) is 1. The number of halogens is 3. The minimum atomic E-state index is -0.481. The topological polar surface area (TPSA) is 38.0 Å². The van der Waals surface area contributed by atoms with Crippen LogP contribution in [0.1, 0.15) is 5.56 Å². The van der Waals surface area contributed by atoms with Gasteiger partial charge in [-0.2, -0.15) is 0 Å². The molecule has 98 valence electrons. The normalized spacial score (nSPS) is 10.3. The Morgan fingerprint density at radius 3 is 2.42 bits per heavy atom. The van der Waals surface area contributed by atoms with E-state index in [4.69, 9.17) is 18.0 Å². The molecule has 2 nitrogen and oxygen atoms in total. The van der Waals surface area contributed by atoms with Gasteiger partial charge in [0.1, 0.15) is 16.6 Å². The van der Waals surface area contributed by atoms with Crippen LogP contribution in [-0.4, -0.2) is 4.99 Å². The molecular weight excluding hydrogens is 334 g/mol. The molecule has 0 aliphatic carbocycles. The third-order valence-corrected chi connectivity index (χ3v) is 3.30. The molecule has 0 aliphatic rings. The molecular formula is C13H9BrF2N2S. The average molecular weight is 343 g/mol. The SMILES string of the molecule is NC(=S)c1ccc(Nc2ccc(F)c(Br)c2)c(F)c1. The smallest absolute Gasteiger partial charge is 0.147 e. The molecule has 0 bridgehead atoms. The molecule has 2 rings (SSSR count). The second kappa shape index (κ2) is 5.63. The van der Waals surface area contributed by atoms with Gasteiger partial charge in [-0.05, 0) is 52.3 Å². The van der Waals surface area contributed by atoms with Gasteiger partial charge in [-0.1, -0.05) is 12.2 Å². The van der Waals surface area contributed by atoms with E-state index in [0.29, 0.717) is 15.7 Å². The van der Waals surface area contributed by atoms with Crippen molar-refractivity contribution in [2.45, 2.75) is 0 Å². The quantitative estimate of drug-likeness (QED) is 0.824. The zero-order valence-corrected chi connectivity index (χ0v) is 12.0. The van der Waals surface area contributed by atoms with E-state index in [-0.39, 0.29) is 16.5 Å². The van der Waals surface area contributed by atoms with Crippen molar-refractivity contribution >= 4 is 44.5 Å². The molecule has 6 heteroatoms. The predicted octanol–water partition coefficient (Wildman–Crippen LogP) is 4.11. The van der Waals surface area contributed by atoms with Gasteiger partial charge in [-0.3, -0.25) is 0 Å². The molecule has 0 heterocycles. The molecule has 0 spiro atoms. The van der Waals surface area contributed by atoms with Crippen LogP contribution >= 0.6 is 28.1 Å². The molecule has 0 unspecified atom stereocenters. The monoisotopic (exact) mass is 342 g/mol. The summed E-state index contributed by atoms with van der Waals surface area (Å²) >= 11 is 7.84. The fourth-order valence-electron chi connectivity index (χ4n) is 1.50. The van der Waals surface area contributed by atoms with E-state index in [1.165, 1.54) is 30.3 Å². The van der Waals surface area contributed by atoms with Gasteiger partial charge in [0.05, 0.1) is 10.2 Å². The second-order valence-electron chi connectivity index (χ2n) is 3.81. The van der Waals surface area contributed by atoms with Crippen molar-refractivity contribution < 1.29 is 8.78 Å². The van der Waals surface area contributed by atoms with Crippen LogP contribution in [-0.2, 0) is 0 Å². The number of rotatable bonds is 3. The van der Waals surface area contributed by atoms with E-state index in [1.807, 2.05) is 0 Å². The molecule has 0 amide bonds. The summed E-state index contributed by atoms with van der Waals surface area (Å²) in [5.41, 5.74) is 6.70. The summed E-state index contributed by atoms with van der Waals surface area (Å²) in [6.45, 7) is 0. The largest absolute Gasteiger partial charge is 0.389 e. The Morgan fingerprint density at radius 1 is 1.11 bits per heavy atom. The zero-order chi connectivity index (χ0) is 14.0.